The molecule has 0 saturated carbocycles. The Morgan fingerprint density at radius 3 is 2.93 bits per heavy atom. The van der Waals surface area contributed by atoms with Gasteiger partial charge in [-0.25, -0.2) is 9.97 Å². The molecule has 0 spiro atoms. The maximum absolute atomic E-state index is 4.06. The molecule has 0 aromatic carbocycles. The van der Waals surface area contributed by atoms with E-state index in [9.17, 15) is 0 Å². The Morgan fingerprint density at radius 1 is 1.33 bits per heavy atom. The van der Waals surface area contributed by atoms with Gasteiger partial charge in [0.15, 0.2) is 0 Å². The third-order valence-electron chi connectivity index (χ3n) is 2.84. The summed E-state index contributed by atoms with van der Waals surface area (Å²) < 4.78 is 0. The first kappa shape index (κ1) is 10.4. The van der Waals surface area contributed by atoms with Gasteiger partial charge in [-0.1, -0.05) is 0 Å². The monoisotopic (exact) mass is 206 g/mol. The fourth-order valence-corrected chi connectivity index (χ4v) is 1.89. The molecular formula is C11H18N4. The van der Waals surface area contributed by atoms with Crippen LogP contribution in [-0.4, -0.2) is 35.6 Å². The minimum absolute atomic E-state index is 0.609. The second-order valence-corrected chi connectivity index (χ2v) is 4.08. The van der Waals surface area contributed by atoms with E-state index in [-0.39, 0.29) is 0 Å². The quantitative estimate of drug-likeness (QED) is 0.746. The standard InChI is InChI=1S/C11H18N4/c1-10-3-6-15(5-2-4-14-10)11-7-12-9-13-8-11/h7-10,14H,2-6H2,1H3. The summed E-state index contributed by atoms with van der Waals surface area (Å²) in [7, 11) is 0. The number of nitrogens with zero attached hydrogens (tertiary/aromatic N) is 3. The van der Waals surface area contributed by atoms with Crippen LogP contribution in [0.4, 0.5) is 5.69 Å². The van der Waals surface area contributed by atoms with Crippen molar-refractivity contribution in [3.05, 3.63) is 18.7 Å². The van der Waals surface area contributed by atoms with Crippen LogP contribution >= 0.6 is 0 Å². The average Bonchev–Trinajstić information content (AvgIpc) is 2.25. The first-order valence-corrected chi connectivity index (χ1v) is 5.59. The molecule has 1 aliphatic heterocycles. The van der Waals surface area contributed by atoms with Crippen molar-refractivity contribution >= 4 is 5.69 Å². The Balaban J connectivity index is 2.01. The minimum atomic E-state index is 0.609. The fraction of sp³-hybridized carbons (Fsp3) is 0.636. The molecule has 0 aliphatic carbocycles. The molecule has 1 aromatic heterocycles. The van der Waals surface area contributed by atoms with E-state index in [2.05, 4.69) is 27.1 Å². The zero-order chi connectivity index (χ0) is 10.5. The van der Waals surface area contributed by atoms with Gasteiger partial charge in [0.25, 0.3) is 0 Å². The molecule has 4 heteroatoms. The van der Waals surface area contributed by atoms with E-state index in [0.29, 0.717) is 6.04 Å². The Morgan fingerprint density at radius 2 is 2.13 bits per heavy atom. The molecule has 1 fully saturated rings. The average molecular weight is 206 g/mol. The molecule has 0 radical (unpaired) electrons. The van der Waals surface area contributed by atoms with Crippen LogP contribution in [0.2, 0.25) is 0 Å². The first-order valence-electron chi connectivity index (χ1n) is 5.59. The van der Waals surface area contributed by atoms with Gasteiger partial charge in [-0.3, -0.25) is 0 Å². The van der Waals surface area contributed by atoms with Crippen LogP contribution in [0.15, 0.2) is 18.7 Å². The molecule has 4 nitrogen and oxygen atoms in total. The van der Waals surface area contributed by atoms with E-state index >= 15 is 0 Å². The summed E-state index contributed by atoms with van der Waals surface area (Å²) in [5.74, 6) is 0. The summed E-state index contributed by atoms with van der Waals surface area (Å²) in [5.41, 5.74) is 1.14. The molecule has 82 valence electrons. The Hall–Kier alpha value is -1.16. The van der Waals surface area contributed by atoms with Crippen molar-refractivity contribution in [2.75, 3.05) is 24.5 Å². The summed E-state index contributed by atoms with van der Waals surface area (Å²) in [4.78, 5) is 10.5. The van der Waals surface area contributed by atoms with Crippen LogP contribution in [0, 0.1) is 0 Å². The lowest BCUT2D eigenvalue weighted by molar-refractivity contribution is 0.474. The SMILES string of the molecule is CC1CCN(c2cncnc2)CCCN1. The van der Waals surface area contributed by atoms with E-state index < -0.39 is 0 Å². The van der Waals surface area contributed by atoms with Crippen molar-refractivity contribution in [2.24, 2.45) is 0 Å². The van der Waals surface area contributed by atoms with E-state index in [1.807, 2.05) is 12.4 Å². The molecule has 2 heterocycles. The highest BCUT2D eigenvalue weighted by atomic mass is 15.1. The molecule has 1 atom stereocenters. The first-order chi connectivity index (χ1) is 7.36. The summed E-state index contributed by atoms with van der Waals surface area (Å²) in [6.45, 7) is 5.52. The molecule has 1 aromatic rings. The lowest BCUT2D eigenvalue weighted by atomic mass is 10.1. The zero-order valence-electron chi connectivity index (χ0n) is 9.19. The van der Waals surface area contributed by atoms with Crippen LogP contribution < -0.4 is 10.2 Å². The highest BCUT2D eigenvalue weighted by Crippen LogP contribution is 2.13. The van der Waals surface area contributed by atoms with Crippen molar-refractivity contribution in [3.8, 4) is 0 Å². The largest absolute Gasteiger partial charge is 0.369 e. The minimum Gasteiger partial charge on any atom is -0.369 e. The fourth-order valence-electron chi connectivity index (χ4n) is 1.89. The van der Waals surface area contributed by atoms with Gasteiger partial charge in [0.05, 0.1) is 18.1 Å². The maximum atomic E-state index is 4.06. The predicted octanol–water partition coefficient (Wildman–Crippen LogP) is 1.05. The van der Waals surface area contributed by atoms with Crippen LogP contribution in [0.25, 0.3) is 0 Å². The number of anilines is 1. The van der Waals surface area contributed by atoms with Crippen molar-refractivity contribution in [1.82, 2.24) is 15.3 Å². The summed E-state index contributed by atoms with van der Waals surface area (Å²) >= 11 is 0. The van der Waals surface area contributed by atoms with Crippen molar-refractivity contribution in [3.63, 3.8) is 0 Å². The van der Waals surface area contributed by atoms with Gasteiger partial charge in [-0.05, 0) is 26.3 Å². The van der Waals surface area contributed by atoms with Crippen LogP contribution in [-0.2, 0) is 0 Å². The lowest BCUT2D eigenvalue weighted by Gasteiger charge is -2.28. The molecular weight excluding hydrogens is 188 g/mol. The molecule has 1 saturated heterocycles. The van der Waals surface area contributed by atoms with E-state index in [0.717, 1.165) is 25.3 Å². The smallest absolute Gasteiger partial charge is 0.115 e. The highest BCUT2D eigenvalue weighted by molar-refractivity contribution is 5.41. The number of aromatic nitrogens is 2. The van der Waals surface area contributed by atoms with Gasteiger partial charge in [-0.2, -0.15) is 0 Å². The molecule has 0 bridgehead atoms. The molecule has 0 amide bonds. The molecule has 1 aliphatic rings. The topological polar surface area (TPSA) is 41.1 Å². The van der Waals surface area contributed by atoms with Crippen molar-refractivity contribution < 1.29 is 0 Å². The Labute approximate surface area is 90.7 Å². The van der Waals surface area contributed by atoms with Gasteiger partial charge < -0.3 is 10.2 Å². The molecule has 1 N–H and O–H groups in total. The van der Waals surface area contributed by atoms with Gasteiger partial charge in [0.2, 0.25) is 0 Å². The third kappa shape index (κ3) is 2.89. The van der Waals surface area contributed by atoms with E-state index in [4.69, 9.17) is 0 Å². The Kier molecular flexibility index (Phi) is 3.50. The summed E-state index contributed by atoms with van der Waals surface area (Å²) in [5, 5.41) is 3.50. The lowest BCUT2D eigenvalue weighted by Crippen LogP contribution is -2.38. The van der Waals surface area contributed by atoms with E-state index in [1.165, 1.54) is 12.8 Å². The van der Waals surface area contributed by atoms with Crippen LogP contribution in [0.1, 0.15) is 19.8 Å². The number of hydrogen-bond acceptors (Lipinski definition) is 4. The second kappa shape index (κ2) is 5.07. The predicted molar refractivity (Wildman–Crippen MR) is 60.9 cm³/mol. The molecule has 1 unspecified atom stereocenters. The van der Waals surface area contributed by atoms with Gasteiger partial charge in [-0.15, -0.1) is 0 Å². The van der Waals surface area contributed by atoms with Crippen molar-refractivity contribution in [2.45, 2.75) is 25.8 Å². The maximum Gasteiger partial charge on any atom is 0.115 e. The molecule has 15 heavy (non-hydrogen) atoms. The third-order valence-corrected chi connectivity index (χ3v) is 2.84. The number of rotatable bonds is 1. The number of hydrogen-bond donors (Lipinski definition) is 1. The van der Waals surface area contributed by atoms with E-state index in [1.54, 1.807) is 6.33 Å². The van der Waals surface area contributed by atoms with Crippen LogP contribution in [0.5, 0.6) is 0 Å². The summed E-state index contributed by atoms with van der Waals surface area (Å²) in [6, 6.07) is 0.609. The summed E-state index contributed by atoms with van der Waals surface area (Å²) in [6.07, 6.45) is 7.73. The normalized spacial score (nSPS) is 23.3. The Bertz CT molecular complexity index is 288. The van der Waals surface area contributed by atoms with Crippen molar-refractivity contribution in [1.29, 1.82) is 0 Å². The zero-order valence-corrected chi connectivity index (χ0v) is 9.19. The van der Waals surface area contributed by atoms with Gasteiger partial charge >= 0.3 is 0 Å². The molecule has 2 rings (SSSR count). The van der Waals surface area contributed by atoms with Gasteiger partial charge in [0.1, 0.15) is 6.33 Å². The highest BCUT2D eigenvalue weighted by Gasteiger charge is 2.12. The second-order valence-electron chi connectivity index (χ2n) is 4.08. The number of nitrogens with one attached hydrogen (secondary N) is 1. The van der Waals surface area contributed by atoms with Gasteiger partial charge in [0, 0.05) is 19.1 Å². The van der Waals surface area contributed by atoms with Crippen LogP contribution in [0.3, 0.4) is 0 Å².